The zero-order valence-corrected chi connectivity index (χ0v) is 17.9. The highest BCUT2D eigenvalue weighted by Gasteiger charge is 2.31. The molecule has 1 atom stereocenters. The number of rotatable bonds is 6. The summed E-state index contributed by atoms with van der Waals surface area (Å²) in [4.78, 5) is 12.4. The Morgan fingerprint density at radius 3 is 2.50 bits per heavy atom. The van der Waals surface area contributed by atoms with Crippen LogP contribution < -0.4 is 5.32 Å². The number of sulfonamides is 1. The highest BCUT2D eigenvalue weighted by atomic mass is 32.2. The smallest absolute Gasteiger partial charge is 0.286 e. The van der Waals surface area contributed by atoms with E-state index in [4.69, 9.17) is 0 Å². The maximum absolute atomic E-state index is 12.9. The van der Waals surface area contributed by atoms with Crippen molar-refractivity contribution in [3.8, 4) is 0 Å². The number of carbonyl (C=O) groups is 1. The lowest BCUT2D eigenvalue weighted by Crippen LogP contribution is -2.39. The maximum Gasteiger partial charge on any atom is 0.286 e. The van der Waals surface area contributed by atoms with Crippen LogP contribution in [-0.2, 0) is 15.8 Å². The van der Waals surface area contributed by atoms with Crippen LogP contribution in [0.15, 0.2) is 60.7 Å². The normalized spacial score (nSPS) is 17.5. The van der Waals surface area contributed by atoms with E-state index in [0.717, 1.165) is 18.4 Å². The quantitative estimate of drug-likeness (QED) is 0.631. The molecule has 0 saturated carbocycles. The molecule has 7 nitrogen and oxygen atoms in total. The van der Waals surface area contributed by atoms with E-state index in [9.17, 15) is 13.2 Å². The highest BCUT2D eigenvalue weighted by molar-refractivity contribution is 7.88. The van der Waals surface area contributed by atoms with Gasteiger partial charge in [-0.05, 0) is 30.5 Å². The van der Waals surface area contributed by atoms with Gasteiger partial charge in [0.05, 0.1) is 5.75 Å². The first-order chi connectivity index (χ1) is 14.5. The molecule has 1 saturated heterocycles. The lowest BCUT2D eigenvalue weighted by atomic mass is 10.0. The zero-order chi connectivity index (χ0) is 21.0. The molecule has 0 radical (unpaired) electrons. The van der Waals surface area contributed by atoms with Crippen LogP contribution in [0, 0.1) is 0 Å². The van der Waals surface area contributed by atoms with Gasteiger partial charge in [0.25, 0.3) is 5.91 Å². The van der Waals surface area contributed by atoms with E-state index in [2.05, 4.69) is 15.5 Å². The molecular weight excluding hydrogens is 420 g/mol. The van der Waals surface area contributed by atoms with Crippen molar-refractivity contribution in [3.05, 3.63) is 76.2 Å². The second-order valence-corrected chi connectivity index (χ2v) is 10.2. The molecule has 1 aliphatic heterocycles. The summed E-state index contributed by atoms with van der Waals surface area (Å²) in [5, 5.41) is 12.0. The first-order valence-electron chi connectivity index (χ1n) is 9.73. The molecule has 1 N–H and O–H groups in total. The third kappa shape index (κ3) is 4.92. The minimum absolute atomic E-state index is 0.0125. The van der Waals surface area contributed by atoms with Crippen molar-refractivity contribution in [2.45, 2.75) is 24.5 Å². The van der Waals surface area contributed by atoms with Crippen LogP contribution in [0.25, 0.3) is 0 Å². The Morgan fingerprint density at radius 1 is 1.07 bits per heavy atom. The van der Waals surface area contributed by atoms with Crippen LogP contribution in [0.4, 0.5) is 5.69 Å². The number of piperidine rings is 1. The number of carbonyl (C=O) groups excluding carboxylic acids is 1. The summed E-state index contributed by atoms with van der Waals surface area (Å²) in [6.07, 6.45) is 1.58. The summed E-state index contributed by atoms with van der Waals surface area (Å²) >= 11 is 1.23. The van der Waals surface area contributed by atoms with Crippen LogP contribution in [-0.4, -0.2) is 41.9 Å². The number of hydrogen-bond donors (Lipinski definition) is 1. The molecule has 30 heavy (non-hydrogen) atoms. The molecule has 2 aromatic carbocycles. The van der Waals surface area contributed by atoms with Gasteiger partial charge in [0.2, 0.25) is 15.0 Å². The average Bonchev–Trinajstić information content (AvgIpc) is 3.26. The molecule has 0 spiro atoms. The third-order valence-electron chi connectivity index (χ3n) is 4.99. The number of anilines is 1. The SMILES string of the molecule is O=C(Nc1ccccc1)c1nnc([C@@H]2CCCN(S(=O)(=O)Cc3ccccc3)C2)s1. The summed E-state index contributed by atoms with van der Waals surface area (Å²) in [5.74, 6) is -0.379. The van der Waals surface area contributed by atoms with Gasteiger partial charge in [-0.15, -0.1) is 10.2 Å². The molecule has 1 aromatic heterocycles. The Bertz CT molecular complexity index is 1100. The van der Waals surface area contributed by atoms with Crippen molar-refractivity contribution in [1.82, 2.24) is 14.5 Å². The first kappa shape index (κ1) is 20.6. The fraction of sp³-hybridized carbons (Fsp3) is 0.286. The van der Waals surface area contributed by atoms with Gasteiger partial charge < -0.3 is 5.32 Å². The molecule has 0 unspecified atom stereocenters. The average molecular weight is 443 g/mol. The third-order valence-corrected chi connectivity index (χ3v) is 7.89. The van der Waals surface area contributed by atoms with Crippen molar-refractivity contribution in [3.63, 3.8) is 0 Å². The Labute approximate surface area is 179 Å². The fourth-order valence-corrected chi connectivity index (χ4v) is 5.94. The molecule has 1 amide bonds. The Morgan fingerprint density at radius 2 is 1.77 bits per heavy atom. The standard InChI is InChI=1S/C21H22N4O3S2/c26-19(22-18-11-5-2-6-12-18)21-24-23-20(29-21)17-10-7-13-25(14-17)30(27,28)15-16-8-3-1-4-9-16/h1-6,8-9,11-12,17H,7,10,13-15H2,(H,22,26)/t17-/m1/s1. The van der Waals surface area contributed by atoms with E-state index in [-0.39, 0.29) is 22.6 Å². The highest BCUT2D eigenvalue weighted by Crippen LogP contribution is 2.31. The zero-order valence-electron chi connectivity index (χ0n) is 16.3. The van der Waals surface area contributed by atoms with Crippen LogP contribution in [0.3, 0.4) is 0 Å². The van der Waals surface area contributed by atoms with Gasteiger partial charge in [-0.2, -0.15) is 0 Å². The van der Waals surface area contributed by atoms with Gasteiger partial charge in [0.1, 0.15) is 5.01 Å². The summed E-state index contributed by atoms with van der Waals surface area (Å²) in [7, 11) is -3.42. The van der Waals surface area contributed by atoms with Crippen molar-refractivity contribution < 1.29 is 13.2 Å². The second kappa shape index (κ2) is 9.03. The van der Waals surface area contributed by atoms with Gasteiger partial charge in [0, 0.05) is 24.7 Å². The van der Waals surface area contributed by atoms with Crippen molar-refractivity contribution >= 4 is 33.0 Å². The van der Waals surface area contributed by atoms with Crippen LogP contribution in [0.2, 0.25) is 0 Å². The molecule has 156 valence electrons. The molecule has 0 bridgehead atoms. The summed E-state index contributed by atoms with van der Waals surface area (Å²) < 4.78 is 27.3. The van der Waals surface area contributed by atoms with E-state index in [1.807, 2.05) is 48.5 Å². The number of para-hydroxylation sites is 1. The Hall–Kier alpha value is -2.62. The number of aromatic nitrogens is 2. The number of nitrogens with zero attached hydrogens (tertiary/aromatic N) is 3. The maximum atomic E-state index is 12.9. The molecule has 2 heterocycles. The van der Waals surface area contributed by atoms with Gasteiger partial charge in [0.15, 0.2) is 0 Å². The van der Waals surface area contributed by atoms with E-state index in [0.29, 0.717) is 23.8 Å². The number of amides is 1. The fourth-order valence-electron chi connectivity index (χ4n) is 3.47. The molecule has 1 aliphatic rings. The topological polar surface area (TPSA) is 92.3 Å². The van der Waals surface area contributed by atoms with Crippen LogP contribution in [0.5, 0.6) is 0 Å². The first-order valence-corrected chi connectivity index (χ1v) is 12.2. The van der Waals surface area contributed by atoms with Crippen molar-refractivity contribution in [2.75, 3.05) is 18.4 Å². The predicted molar refractivity (Wildman–Crippen MR) is 117 cm³/mol. The summed E-state index contributed by atoms with van der Waals surface area (Å²) in [6, 6.07) is 18.4. The summed E-state index contributed by atoms with van der Waals surface area (Å²) in [5.41, 5.74) is 1.46. The largest absolute Gasteiger partial charge is 0.320 e. The molecule has 1 fully saturated rings. The minimum Gasteiger partial charge on any atom is -0.320 e. The van der Waals surface area contributed by atoms with Crippen molar-refractivity contribution in [1.29, 1.82) is 0 Å². The molecule has 9 heteroatoms. The second-order valence-electron chi connectivity index (χ2n) is 7.20. The number of hydrogen-bond acceptors (Lipinski definition) is 6. The van der Waals surface area contributed by atoms with Gasteiger partial charge in [-0.1, -0.05) is 59.9 Å². The van der Waals surface area contributed by atoms with E-state index >= 15 is 0 Å². The molecule has 3 aromatic rings. The van der Waals surface area contributed by atoms with Gasteiger partial charge in [-0.25, -0.2) is 12.7 Å². The lowest BCUT2D eigenvalue weighted by Gasteiger charge is -2.30. The number of benzene rings is 2. The van der Waals surface area contributed by atoms with E-state index in [1.54, 1.807) is 16.4 Å². The molecular formula is C21H22N4O3S2. The van der Waals surface area contributed by atoms with E-state index in [1.165, 1.54) is 11.3 Å². The van der Waals surface area contributed by atoms with Crippen molar-refractivity contribution in [2.24, 2.45) is 0 Å². The monoisotopic (exact) mass is 442 g/mol. The summed E-state index contributed by atoms with van der Waals surface area (Å²) in [6.45, 7) is 0.871. The lowest BCUT2D eigenvalue weighted by molar-refractivity contribution is 0.102. The van der Waals surface area contributed by atoms with E-state index < -0.39 is 10.0 Å². The molecule has 4 rings (SSSR count). The Kier molecular flexibility index (Phi) is 6.21. The minimum atomic E-state index is -3.42. The number of nitrogens with one attached hydrogen (secondary N) is 1. The van der Waals surface area contributed by atoms with Gasteiger partial charge in [-0.3, -0.25) is 4.79 Å². The Balaban J connectivity index is 1.43. The molecule has 0 aliphatic carbocycles. The van der Waals surface area contributed by atoms with Gasteiger partial charge >= 0.3 is 0 Å². The van der Waals surface area contributed by atoms with Crippen LogP contribution >= 0.6 is 11.3 Å². The predicted octanol–water partition coefficient (Wildman–Crippen LogP) is 3.50. The van der Waals surface area contributed by atoms with Crippen LogP contribution in [0.1, 0.15) is 39.1 Å².